The van der Waals surface area contributed by atoms with E-state index >= 15 is 0 Å². The molecule has 1 aliphatic rings. The summed E-state index contributed by atoms with van der Waals surface area (Å²) in [4.78, 5) is 30.1. The first-order valence-electron chi connectivity index (χ1n) is 9.77. The van der Waals surface area contributed by atoms with Crippen LogP contribution in [0.3, 0.4) is 0 Å². The Kier molecular flexibility index (Phi) is 5.69. The summed E-state index contributed by atoms with van der Waals surface area (Å²) in [6, 6.07) is 13.3. The number of H-pyrrole nitrogens is 1. The molecule has 1 N–H and O–H groups in total. The molecule has 1 aromatic heterocycles. The second kappa shape index (κ2) is 8.39. The third kappa shape index (κ3) is 4.21. The average Bonchev–Trinajstić information content (AvgIpc) is 2.74. The van der Waals surface area contributed by atoms with Gasteiger partial charge in [-0.3, -0.25) is 9.36 Å². The largest absolute Gasteiger partial charge is 0.327 e. The Balaban J connectivity index is 1.38. The number of likely N-dealkylation sites (tertiary alicyclic amines) is 1. The summed E-state index contributed by atoms with van der Waals surface area (Å²) in [5.41, 5.74) is 1.12. The third-order valence-electron chi connectivity index (χ3n) is 5.62. The van der Waals surface area contributed by atoms with Crippen molar-refractivity contribution in [3.63, 3.8) is 0 Å². The number of benzene rings is 2. The number of para-hydroxylation sites is 1. The van der Waals surface area contributed by atoms with Gasteiger partial charge in [-0.25, -0.2) is 9.18 Å². The number of ketones is 1. The van der Waals surface area contributed by atoms with Crippen molar-refractivity contribution >= 4 is 28.9 Å². The number of fused-ring (bicyclic) bond motifs is 1. The summed E-state index contributed by atoms with van der Waals surface area (Å²) in [5, 5.41) is 0.866. The second-order valence-corrected chi connectivity index (χ2v) is 7.81. The quantitative estimate of drug-likeness (QED) is 0.513. The van der Waals surface area contributed by atoms with E-state index in [1.54, 1.807) is 16.7 Å². The number of carbonyl (C=O) groups excluding carboxylic acids is 1. The summed E-state index contributed by atoms with van der Waals surface area (Å²) in [6.07, 6.45) is 1.52. The van der Waals surface area contributed by atoms with Gasteiger partial charge in [0.1, 0.15) is 10.5 Å². The first kappa shape index (κ1) is 19.7. The van der Waals surface area contributed by atoms with Crippen molar-refractivity contribution in [2.75, 3.05) is 19.6 Å². The molecule has 5 nitrogen and oxygen atoms in total. The molecule has 0 atom stereocenters. The number of rotatable bonds is 5. The van der Waals surface area contributed by atoms with E-state index < -0.39 is 0 Å². The predicted octanol–water partition coefficient (Wildman–Crippen LogP) is 3.79. The number of aromatic amines is 1. The molecule has 1 aliphatic heterocycles. The molecule has 150 valence electrons. The highest BCUT2D eigenvalue weighted by molar-refractivity contribution is 7.71. The Hall–Kier alpha value is -2.64. The molecular weight excluding hydrogens is 389 g/mol. The molecule has 1 saturated heterocycles. The van der Waals surface area contributed by atoms with Crippen LogP contribution in [0.5, 0.6) is 0 Å². The predicted molar refractivity (Wildman–Crippen MR) is 113 cm³/mol. The smallest absolute Gasteiger partial charge is 0.307 e. The SMILES string of the molecule is O=C(c1ccc(F)cc1)C1CCN(CCn2c(=O)[nH]c3ccccc3c2=S)CC1. The third-order valence-corrected chi connectivity index (χ3v) is 6.06. The first-order chi connectivity index (χ1) is 14.0. The van der Waals surface area contributed by atoms with Gasteiger partial charge in [0.05, 0.1) is 5.52 Å². The lowest BCUT2D eigenvalue weighted by Gasteiger charge is -2.31. The number of nitrogens with zero attached hydrogens (tertiary/aromatic N) is 2. The number of halogens is 1. The van der Waals surface area contributed by atoms with Gasteiger partial charge in [0, 0.05) is 30.0 Å². The van der Waals surface area contributed by atoms with Crippen LogP contribution in [0.25, 0.3) is 10.9 Å². The van der Waals surface area contributed by atoms with Gasteiger partial charge < -0.3 is 9.88 Å². The van der Waals surface area contributed by atoms with Gasteiger partial charge in [-0.1, -0.05) is 24.4 Å². The Morgan fingerprint density at radius 2 is 1.76 bits per heavy atom. The number of piperidine rings is 1. The molecule has 2 heterocycles. The van der Waals surface area contributed by atoms with Gasteiger partial charge in [0.15, 0.2) is 5.78 Å². The molecule has 0 radical (unpaired) electrons. The monoisotopic (exact) mass is 411 g/mol. The topological polar surface area (TPSA) is 58.1 Å². The zero-order valence-electron chi connectivity index (χ0n) is 15.9. The molecule has 0 spiro atoms. The van der Waals surface area contributed by atoms with Crippen LogP contribution in [0.15, 0.2) is 53.3 Å². The van der Waals surface area contributed by atoms with E-state index in [0.717, 1.165) is 36.8 Å². The van der Waals surface area contributed by atoms with Gasteiger partial charge in [-0.15, -0.1) is 0 Å². The molecule has 7 heteroatoms. The maximum Gasteiger partial charge on any atom is 0.327 e. The summed E-state index contributed by atoms with van der Waals surface area (Å²) < 4.78 is 15.2. The Morgan fingerprint density at radius 3 is 2.48 bits per heavy atom. The molecule has 29 heavy (non-hydrogen) atoms. The van der Waals surface area contributed by atoms with Gasteiger partial charge in [-0.05, 0) is 62.3 Å². The molecular formula is C22H22FN3O2S. The van der Waals surface area contributed by atoms with Crippen LogP contribution in [0.1, 0.15) is 23.2 Å². The Bertz CT molecular complexity index is 1150. The Labute approximate surface area is 172 Å². The maximum absolute atomic E-state index is 13.1. The highest BCUT2D eigenvalue weighted by atomic mass is 32.1. The summed E-state index contributed by atoms with van der Waals surface area (Å²) in [6.45, 7) is 2.79. The van der Waals surface area contributed by atoms with Crippen LogP contribution < -0.4 is 5.69 Å². The van der Waals surface area contributed by atoms with Crippen molar-refractivity contribution in [1.82, 2.24) is 14.5 Å². The minimum atomic E-state index is -0.335. The molecule has 4 rings (SSSR count). The maximum atomic E-state index is 13.1. The van der Waals surface area contributed by atoms with Gasteiger partial charge in [-0.2, -0.15) is 0 Å². The molecule has 3 aromatic rings. The van der Waals surface area contributed by atoms with Gasteiger partial charge >= 0.3 is 5.69 Å². The number of aromatic nitrogens is 2. The van der Waals surface area contributed by atoms with E-state index in [1.807, 2.05) is 24.3 Å². The van der Waals surface area contributed by atoms with E-state index in [2.05, 4.69) is 9.88 Å². The molecule has 0 saturated carbocycles. The van der Waals surface area contributed by atoms with Crippen molar-refractivity contribution in [1.29, 1.82) is 0 Å². The minimum absolute atomic E-state index is 0.0389. The molecule has 0 aliphatic carbocycles. The normalized spacial score (nSPS) is 15.6. The van der Waals surface area contributed by atoms with Crippen molar-refractivity contribution < 1.29 is 9.18 Å². The van der Waals surface area contributed by atoms with Crippen LogP contribution in [-0.2, 0) is 6.54 Å². The lowest BCUT2D eigenvalue weighted by Crippen LogP contribution is -2.39. The zero-order chi connectivity index (χ0) is 20.4. The average molecular weight is 412 g/mol. The van der Waals surface area contributed by atoms with Crippen molar-refractivity contribution in [2.45, 2.75) is 19.4 Å². The van der Waals surface area contributed by atoms with E-state index in [1.165, 1.54) is 12.1 Å². The summed E-state index contributed by atoms with van der Waals surface area (Å²) in [7, 11) is 0. The first-order valence-corrected chi connectivity index (χ1v) is 10.2. The Morgan fingerprint density at radius 1 is 1.07 bits per heavy atom. The van der Waals surface area contributed by atoms with E-state index in [4.69, 9.17) is 12.2 Å². The standard InChI is InChI=1S/C22H22FN3O2S/c23-17-7-5-15(6-8-17)20(27)16-9-11-25(12-10-16)13-14-26-21(29)18-3-1-2-4-19(18)24-22(26)28/h1-8,16H,9-14H2,(H,24,28). The van der Waals surface area contributed by atoms with Crippen LogP contribution in [0.2, 0.25) is 0 Å². The van der Waals surface area contributed by atoms with E-state index in [0.29, 0.717) is 23.3 Å². The highest BCUT2D eigenvalue weighted by Gasteiger charge is 2.25. The summed E-state index contributed by atoms with van der Waals surface area (Å²) in [5.74, 6) is -0.292. The lowest BCUT2D eigenvalue weighted by molar-refractivity contribution is 0.0837. The fourth-order valence-electron chi connectivity index (χ4n) is 3.91. The zero-order valence-corrected chi connectivity index (χ0v) is 16.8. The van der Waals surface area contributed by atoms with Crippen LogP contribution in [-0.4, -0.2) is 39.9 Å². The van der Waals surface area contributed by atoms with Crippen molar-refractivity contribution in [3.8, 4) is 0 Å². The molecule has 0 unspecified atom stereocenters. The van der Waals surface area contributed by atoms with Crippen molar-refractivity contribution in [3.05, 3.63) is 75.0 Å². The molecule has 1 fully saturated rings. The fourth-order valence-corrected chi connectivity index (χ4v) is 4.26. The van der Waals surface area contributed by atoms with Crippen molar-refractivity contribution in [2.24, 2.45) is 5.92 Å². The lowest BCUT2D eigenvalue weighted by atomic mass is 9.89. The fraction of sp³-hybridized carbons (Fsp3) is 0.318. The molecule has 0 amide bonds. The highest BCUT2D eigenvalue weighted by Crippen LogP contribution is 2.22. The number of hydrogen-bond donors (Lipinski definition) is 1. The van der Waals surface area contributed by atoms with Gasteiger partial charge in [0.25, 0.3) is 0 Å². The van der Waals surface area contributed by atoms with Gasteiger partial charge in [0.2, 0.25) is 0 Å². The summed E-state index contributed by atoms with van der Waals surface area (Å²) >= 11 is 5.52. The van der Waals surface area contributed by atoms with Crippen LogP contribution >= 0.6 is 12.2 Å². The van der Waals surface area contributed by atoms with Crippen LogP contribution in [0, 0.1) is 16.4 Å². The second-order valence-electron chi connectivity index (χ2n) is 7.42. The van der Waals surface area contributed by atoms with E-state index in [9.17, 15) is 14.0 Å². The number of Topliss-reactive ketones (excluding diaryl/α,β-unsaturated/α-hetero) is 1. The number of nitrogens with one attached hydrogen (secondary N) is 1. The molecule has 2 aromatic carbocycles. The molecule has 0 bridgehead atoms. The number of hydrogen-bond acceptors (Lipinski definition) is 4. The minimum Gasteiger partial charge on any atom is -0.307 e. The van der Waals surface area contributed by atoms with E-state index in [-0.39, 0.29) is 23.2 Å². The van der Waals surface area contributed by atoms with Crippen LogP contribution in [0.4, 0.5) is 4.39 Å². The number of carbonyl (C=O) groups is 1.